The molecule has 0 amide bonds. The molecular formula is C3H5N5O2. The molecule has 54 valence electrons. The van der Waals surface area contributed by atoms with Crippen LogP contribution >= 0.6 is 0 Å². The van der Waals surface area contributed by atoms with E-state index in [1.165, 1.54) is 0 Å². The Balaban J connectivity index is 3.01. The molecule has 0 fully saturated rings. The van der Waals surface area contributed by atoms with Gasteiger partial charge in [0.05, 0.1) is 16.9 Å². The molecule has 1 aromatic heterocycles. The zero-order valence-electron chi connectivity index (χ0n) is 5.26. The molecule has 0 aliphatic carbocycles. The van der Waals surface area contributed by atoms with Crippen molar-refractivity contribution in [3.8, 4) is 0 Å². The SMILES string of the molecule is CCn1nnnc1[N+](=O)[O-]. The number of hydrogen-bond acceptors (Lipinski definition) is 5. The second-order valence-corrected chi connectivity index (χ2v) is 1.55. The average Bonchev–Trinajstić information content (AvgIpc) is 2.33. The summed E-state index contributed by atoms with van der Waals surface area (Å²) in [4.78, 5) is 9.46. The third-order valence-electron chi connectivity index (χ3n) is 0.976. The standard InChI is InChI=1S/C3H5N5O2/c1-2-7-3(8(9)10)4-5-6-7/h2H2,1H3. The van der Waals surface area contributed by atoms with Gasteiger partial charge in [0.15, 0.2) is 0 Å². The second-order valence-electron chi connectivity index (χ2n) is 1.55. The molecule has 0 aliphatic rings. The van der Waals surface area contributed by atoms with Crippen molar-refractivity contribution in [1.29, 1.82) is 0 Å². The Morgan fingerprint density at radius 1 is 1.80 bits per heavy atom. The first-order chi connectivity index (χ1) is 4.75. The van der Waals surface area contributed by atoms with Gasteiger partial charge in [0.1, 0.15) is 0 Å². The molecule has 0 atom stereocenters. The number of nitrogens with zero attached hydrogens (tertiary/aromatic N) is 5. The van der Waals surface area contributed by atoms with Crippen molar-refractivity contribution in [3.63, 3.8) is 0 Å². The molecular weight excluding hydrogens is 138 g/mol. The summed E-state index contributed by atoms with van der Waals surface area (Å²) in [6, 6.07) is 0. The van der Waals surface area contributed by atoms with E-state index in [0.717, 1.165) is 4.68 Å². The van der Waals surface area contributed by atoms with Crippen LogP contribution in [0.2, 0.25) is 0 Å². The summed E-state index contributed by atoms with van der Waals surface area (Å²) >= 11 is 0. The topological polar surface area (TPSA) is 86.7 Å². The van der Waals surface area contributed by atoms with E-state index >= 15 is 0 Å². The maximum atomic E-state index is 10.1. The van der Waals surface area contributed by atoms with Crippen molar-refractivity contribution in [3.05, 3.63) is 10.1 Å². The first-order valence-corrected chi connectivity index (χ1v) is 2.66. The third-order valence-corrected chi connectivity index (χ3v) is 0.976. The van der Waals surface area contributed by atoms with Crippen LogP contribution in [-0.2, 0) is 6.54 Å². The molecule has 7 nitrogen and oxygen atoms in total. The van der Waals surface area contributed by atoms with Gasteiger partial charge in [0.25, 0.3) is 0 Å². The molecule has 0 saturated heterocycles. The van der Waals surface area contributed by atoms with E-state index < -0.39 is 4.92 Å². The van der Waals surface area contributed by atoms with Crippen LogP contribution in [0.4, 0.5) is 5.95 Å². The van der Waals surface area contributed by atoms with Crippen LogP contribution < -0.4 is 0 Å². The van der Waals surface area contributed by atoms with E-state index in [4.69, 9.17) is 0 Å². The maximum Gasteiger partial charge on any atom is 0.479 e. The number of tetrazole rings is 1. The van der Waals surface area contributed by atoms with Crippen LogP contribution in [0.5, 0.6) is 0 Å². The highest BCUT2D eigenvalue weighted by Crippen LogP contribution is 2.00. The van der Waals surface area contributed by atoms with Gasteiger partial charge in [0, 0.05) is 5.21 Å². The van der Waals surface area contributed by atoms with Gasteiger partial charge in [-0.2, -0.15) is 0 Å². The Morgan fingerprint density at radius 3 is 2.90 bits per heavy atom. The predicted molar refractivity (Wildman–Crippen MR) is 30.1 cm³/mol. The fraction of sp³-hybridized carbons (Fsp3) is 0.667. The van der Waals surface area contributed by atoms with Crippen molar-refractivity contribution in [1.82, 2.24) is 20.2 Å². The molecule has 10 heavy (non-hydrogen) atoms. The lowest BCUT2D eigenvalue weighted by Gasteiger charge is -1.90. The van der Waals surface area contributed by atoms with Gasteiger partial charge in [-0.1, -0.05) is 0 Å². The van der Waals surface area contributed by atoms with Gasteiger partial charge in [-0.05, 0) is 11.8 Å². The predicted octanol–water partition coefficient (Wildman–Crippen LogP) is -0.399. The summed E-state index contributed by atoms with van der Waals surface area (Å²) in [7, 11) is 0. The minimum Gasteiger partial charge on any atom is -0.390 e. The Bertz CT molecular complexity index is 243. The molecule has 0 bridgehead atoms. The van der Waals surface area contributed by atoms with Crippen LogP contribution in [0, 0.1) is 10.1 Å². The summed E-state index contributed by atoms with van der Waals surface area (Å²) in [5.41, 5.74) is 0. The smallest absolute Gasteiger partial charge is 0.390 e. The van der Waals surface area contributed by atoms with Gasteiger partial charge in [-0.25, -0.2) is 0 Å². The van der Waals surface area contributed by atoms with Gasteiger partial charge in [0.2, 0.25) is 0 Å². The van der Waals surface area contributed by atoms with Crippen molar-refractivity contribution in [2.45, 2.75) is 13.5 Å². The first kappa shape index (κ1) is 6.59. The maximum absolute atomic E-state index is 10.1. The van der Waals surface area contributed by atoms with Crippen LogP contribution in [0.3, 0.4) is 0 Å². The molecule has 7 heteroatoms. The number of hydrogen-bond donors (Lipinski definition) is 0. The van der Waals surface area contributed by atoms with Crippen LogP contribution in [0.1, 0.15) is 6.92 Å². The Kier molecular flexibility index (Phi) is 1.57. The normalized spacial score (nSPS) is 9.70. The molecule has 0 aliphatic heterocycles. The van der Waals surface area contributed by atoms with E-state index in [1.807, 2.05) is 0 Å². The van der Waals surface area contributed by atoms with E-state index in [9.17, 15) is 10.1 Å². The highest BCUT2D eigenvalue weighted by Gasteiger charge is 2.14. The van der Waals surface area contributed by atoms with Crippen molar-refractivity contribution >= 4 is 5.95 Å². The summed E-state index contributed by atoms with van der Waals surface area (Å²) in [6.07, 6.45) is 0. The number of aromatic nitrogens is 4. The summed E-state index contributed by atoms with van der Waals surface area (Å²) in [5.74, 6) is -0.317. The second kappa shape index (κ2) is 2.38. The Labute approximate surface area is 55.8 Å². The van der Waals surface area contributed by atoms with E-state index in [2.05, 4.69) is 15.5 Å². The number of aryl methyl sites for hydroxylation is 1. The van der Waals surface area contributed by atoms with Crippen LogP contribution in [0.15, 0.2) is 0 Å². The van der Waals surface area contributed by atoms with Gasteiger partial charge >= 0.3 is 5.95 Å². The lowest BCUT2D eigenvalue weighted by atomic mass is 10.7. The molecule has 0 spiro atoms. The Hall–Kier alpha value is -1.53. The zero-order chi connectivity index (χ0) is 7.56. The highest BCUT2D eigenvalue weighted by atomic mass is 16.6. The van der Waals surface area contributed by atoms with Crippen LogP contribution in [-0.4, -0.2) is 25.1 Å². The van der Waals surface area contributed by atoms with Crippen LogP contribution in [0.25, 0.3) is 0 Å². The molecule has 0 saturated carbocycles. The summed E-state index contributed by atoms with van der Waals surface area (Å²) < 4.78 is 1.11. The molecule has 0 radical (unpaired) electrons. The van der Waals surface area contributed by atoms with E-state index in [0.29, 0.717) is 6.54 Å². The summed E-state index contributed by atoms with van der Waals surface area (Å²) in [5, 5.41) is 19.8. The zero-order valence-corrected chi connectivity index (χ0v) is 5.26. The lowest BCUT2D eigenvalue weighted by molar-refractivity contribution is -0.397. The molecule has 1 heterocycles. The minimum atomic E-state index is -0.622. The molecule has 0 aromatic carbocycles. The average molecular weight is 143 g/mol. The first-order valence-electron chi connectivity index (χ1n) is 2.66. The van der Waals surface area contributed by atoms with E-state index in [1.54, 1.807) is 6.92 Å². The van der Waals surface area contributed by atoms with E-state index in [-0.39, 0.29) is 5.95 Å². The van der Waals surface area contributed by atoms with Crippen molar-refractivity contribution in [2.75, 3.05) is 0 Å². The fourth-order valence-corrected chi connectivity index (χ4v) is 0.535. The molecule has 0 N–H and O–H groups in total. The Morgan fingerprint density at radius 2 is 2.50 bits per heavy atom. The van der Waals surface area contributed by atoms with Crippen molar-refractivity contribution in [2.24, 2.45) is 0 Å². The monoisotopic (exact) mass is 143 g/mol. The third kappa shape index (κ3) is 0.925. The fourth-order valence-electron chi connectivity index (χ4n) is 0.535. The molecule has 0 unspecified atom stereocenters. The molecule has 1 rings (SSSR count). The molecule has 1 aromatic rings. The van der Waals surface area contributed by atoms with Gasteiger partial charge < -0.3 is 10.1 Å². The highest BCUT2D eigenvalue weighted by molar-refractivity contribution is 4.96. The lowest BCUT2D eigenvalue weighted by Crippen LogP contribution is -2.02. The number of rotatable bonds is 2. The van der Waals surface area contributed by atoms with Gasteiger partial charge in [-0.3, -0.25) is 0 Å². The summed E-state index contributed by atoms with van der Waals surface area (Å²) in [6.45, 7) is 2.13. The van der Waals surface area contributed by atoms with Crippen molar-refractivity contribution < 1.29 is 4.92 Å². The minimum absolute atomic E-state index is 0.317. The van der Waals surface area contributed by atoms with Gasteiger partial charge in [-0.15, -0.1) is 4.68 Å². The quantitative estimate of drug-likeness (QED) is 0.415. The number of nitro groups is 1. The largest absolute Gasteiger partial charge is 0.479 e.